The quantitative estimate of drug-likeness (QED) is 0.127. The number of benzene rings is 2. The number of aromatic nitrogens is 4. The molecule has 0 bridgehead atoms. The van der Waals surface area contributed by atoms with E-state index in [1.165, 1.54) is 24.3 Å². The van der Waals surface area contributed by atoms with E-state index < -0.39 is 44.5 Å². The van der Waals surface area contributed by atoms with Gasteiger partial charge in [0.2, 0.25) is 20.0 Å². The normalized spacial score (nSPS) is 16.2. The molecular weight excluding hydrogens is 987 g/mol. The van der Waals surface area contributed by atoms with Crippen LogP contribution in [0.4, 0.5) is 26.3 Å². The van der Waals surface area contributed by atoms with E-state index in [0.717, 1.165) is 115 Å². The largest absolute Gasteiger partial charge is 0.404 e. The Morgan fingerprint density at radius 3 is 1.46 bits per heavy atom. The lowest BCUT2D eigenvalue weighted by atomic mass is 10.1. The molecule has 0 amide bonds. The summed E-state index contributed by atoms with van der Waals surface area (Å²) in [6, 6.07) is 15.5. The van der Waals surface area contributed by atoms with Gasteiger partial charge in [-0.05, 0) is 107 Å². The van der Waals surface area contributed by atoms with Crippen LogP contribution >= 0.6 is 15.9 Å². The Balaban J connectivity index is 0.000000199. The first-order chi connectivity index (χ1) is 31.5. The summed E-state index contributed by atoms with van der Waals surface area (Å²) in [5.41, 5.74) is 6.73. The molecule has 2 N–H and O–H groups in total. The summed E-state index contributed by atoms with van der Waals surface area (Å²) in [4.78, 5) is 7.80. The highest BCUT2D eigenvalue weighted by Gasteiger charge is 2.40. The molecule has 2 saturated carbocycles. The molecular formula is C46H45BrF6N8O4S2. The van der Waals surface area contributed by atoms with Gasteiger partial charge in [0.05, 0.1) is 44.9 Å². The molecule has 2 fully saturated rings. The molecule has 21 heteroatoms. The molecule has 2 atom stereocenters. The molecule has 2 aromatic carbocycles. The molecule has 8 rings (SSSR count). The van der Waals surface area contributed by atoms with Crippen molar-refractivity contribution < 1.29 is 43.2 Å². The van der Waals surface area contributed by atoms with E-state index in [2.05, 4.69) is 47.2 Å². The molecule has 0 saturated heterocycles. The second kappa shape index (κ2) is 19.0. The number of halogens is 7. The maximum absolute atomic E-state index is 12.8. The van der Waals surface area contributed by atoms with Crippen molar-refractivity contribution in [3.8, 4) is 34.9 Å². The van der Waals surface area contributed by atoms with Gasteiger partial charge in [-0.25, -0.2) is 16.8 Å². The van der Waals surface area contributed by atoms with Crippen molar-refractivity contribution in [2.45, 2.75) is 125 Å². The van der Waals surface area contributed by atoms with Crippen LogP contribution < -0.4 is 9.44 Å². The van der Waals surface area contributed by atoms with Gasteiger partial charge in [-0.3, -0.25) is 9.97 Å². The van der Waals surface area contributed by atoms with Crippen molar-refractivity contribution >= 4 is 57.8 Å². The predicted octanol–water partition coefficient (Wildman–Crippen LogP) is 11.2. The van der Waals surface area contributed by atoms with Crippen LogP contribution in [0.2, 0.25) is 0 Å². The summed E-state index contributed by atoms with van der Waals surface area (Å²) in [5.74, 6) is 0. The number of rotatable bonds is 10. The van der Waals surface area contributed by atoms with E-state index in [4.69, 9.17) is 0 Å². The van der Waals surface area contributed by atoms with Crippen molar-refractivity contribution in [1.82, 2.24) is 28.5 Å². The number of nitriles is 2. The van der Waals surface area contributed by atoms with Crippen molar-refractivity contribution in [3.63, 3.8) is 0 Å². The number of pyridine rings is 2. The van der Waals surface area contributed by atoms with Gasteiger partial charge >= 0.3 is 12.4 Å². The number of nitrogens with one attached hydrogen (secondary N) is 2. The van der Waals surface area contributed by atoms with Gasteiger partial charge in [0.25, 0.3) is 0 Å². The Labute approximate surface area is 392 Å². The molecule has 4 aromatic heterocycles. The maximum atomic E-state index is 12.8. The third kappa shape index (κ3) is 10.1. The Bertz CT molecular complexity index is 3150. The third-order valence-electron chi connectivity index (χ3n) is 12.3. The molecule has 2 aliphatic carbocycles. The van der Waals surface area contributed by atoms with Crippen LogP contribution in [0.25, 0.3) is 44.6 Å². The van der Waals surface area contributed by atoms with E-state index >= 15 is 0 Å². The van der Waals surface area contributed by atoms with Gasteiger partial charge in [-0.1, -0.05) is 53.7 Å². The van der Waals surface area contributed by atoms with Crippen molar-refractivity contribution in [2.75, 3.05) is 0 Å². The number of hydrogen-bond donors (Lipinski definition) is 2. The summed E-state index contributed by atoms with van der Waals surface area (Å²) in [5, 5.41) is 21.6. The molecule has 6 aromatic rings. The van der Waals surface area contributed by atoms with Gasteiger partial charge in [-0.2, -0.15) is 46.3 Å². The SMILES string of the molecule is Cc1cc2c(cc1Br)c(C#N)c(-c1ccc(S(=O)(=O)N[C@H](C)C(F)(F)F)cn1)n2C1CCCC1.Cc1ccc2c(C#N)c(-c3ccc(S(=O)(=O)N[C@H](C)C(F)(F)F)cn3)n(C3CCCC3)c2c1. The fraction of sp³-hybridized carbons (Fsp3) is 0.391. The first-order valence-electron chi connectivity index (χ1n) is 21.4. The molecule has 12 nitrogen and oxygen atoms in total. The van der Waals surface area contributed by atoms with Crippen LogP contribution in [0.3, 0.4) is 0 Å². The fourth-order valence-electron chi connectivity index (χ4n) is 8.76. The van der Waals surface area contributed by atoms with E-state index in [1.807, 2.05) is 44.2 Å². The van der Waals surface area contributed by atoms with Crippen LogP contribution in [0.1, 0.15) is 99.6 Å². The van der Waals surface area contributed by atoms with Gasteiger partial charge in [-0.15, -0.1) is 0 Å². The number of fused-ring (bicyclic) bond motifs is 2. The van der Waals surface area contributed by atoms with Crippen LogP contribution in [0.15, 0.2) is 81.3 Å². The average molecular weight is 1030 g/mol. The highest BCUT2D eigenvalue weighted by molar-refractivity contribution is 9.10. The number of nitrogens with zero attached hydrogens (tertiary/aromatic N) is 6. The standard InChI is InChI=1S/C23H22BrF3N4O2S.C23H23F3N4O2S/c1-13-9-21-17(10-19(13)24)18(11-28)22(31(21)15-5-3-4-6-15)20-8-7-16(12-29-20)34(32,33)30-14(2)23(25,26)27;1-14-7-9-18-19(12-27)22(30(21(18)11-14)16-5-3-4-6-16)20-10-8-17(13-28-20)33(31,32)29-15(2)23(24,25)26/h7-10,12,14-15,30H,3-6H2,1-2H3;7-11,13,15-16,29H,3-6H2,1-2H3/t14-;15-/m11/s1. The average Bonchev–Trinajstić information content (AvgIpc) is 4.09. The molecule has 0 radical (unpaired) electrons. The molecule has 0 aliphatic heterocycles. The zero-order valence-electron chi connectivity index (χ0n) is 36.6. The second-order valence-electron chi connectivity index (χ2n) is 17.0. The van der Waals surface area contributed by atoms with Gasteiger partial charge in [0.15, 0.2) is 0 Å². The Morgan fingerprint density at radius 1 is 0.657 bits per heavy atom. The Kier molecular flexibility index (Phi) is 14.1. The number of alkyl halides is 6. The lowest BCUT2D eigenvalue weighted by Gasteiger charge is -2.19. The Hall–Kier alpha value is -5.32. The molecule has 0 unspecified atom stereocenters. The fourth-order valence-corrected chi connectivity index (χ4v) is 11.5. The van der Waals surface area contributed by atoms with Gasteiger partial charge in [0, 0.05) is 39.7 Å². The first kappa shape index (κ1) is 49.6. The van der Waals surface area contributed by atoms with Gasteiger partial charge < -0.3 is 9.13 Å². The minimum absolute atomic E-state index is 0.166. The van der Waals surface area contributed by atoms with Crippen LogP contribution in [0.5, 0.6) is 0 Å². The summed E-state index contributed by atoms with van der Waals surface area (Å²) >= 11 is 3.53. The molecule has 67 heavy (non-hydrogen) atoms. The third-order valence-corrected chi connectivity index (χ3v) is 16.2. The van der Waals surface area contributed by atoms with Gasteiger partial charge in [0.1, 0.15) is 34.0 Å². The minimum atomic E-state index is -4.71. The summed E-state index contributed by atoms with van der Waals surface area (Å²) in [6.07, 6.45) is 0.732. The highest BCUT2D eigenvalue weighted by atomic mass is 79.9. The summed E-state index contributed by atoms with van der Waals surface area (Å²) in [7, 11) is -8.85. The molecule has 0 spiro atoms. The summed E-state index contributed by atoms with van der Waals surface area (Å²) in [6.45, 7) is 5.41. The zero-order chi connectivity index (χ0) is 48.8. The van der Waals surface area contributed by atoms with Crippen molar-refractivity contribution in [1.29, 1.82) is 10.5 Å². The maximum Gasteiger partial charge on any atom is 0.404 e. The first-order valence-corrected chi connectivity index (χ1v) is 25.1. The minimum Gasteiger partial charge on any atom is -0.335 e. The monoisotopic (exact) mass is 1030 g/mol. The van der Waals surface area contributed by atoms with Crippen LogP contribution in [0, 0.1) is 36.5 Å². The zero-order valence-corrected chi connectivity index (χ0v) is 39.8. The lowest BCUT2D eigenvalue weighted by Crippen LogP contribution is -2.42. The predicted molar refractivity (Wildman–Crippen MR) is 244 cm³/mol. The molecule has 354 valence electrons. The van der Waals surface area contributed by atoms with E-state index in [-0.39, 0.29) is 21.9 Å². The number of hydrogen-bond acceptors (Lipinski definition) is 8. The van der Waals surface area contributed by atoms with E-state index in [0.29, 0.717) is 33.9 Å². The Morgan fingerprint density at radius 2 is 1.07 bits per heavy atom. The topological polar surface area (TPSA) is 176 Å². The van der Waals surface area contributed by atoms with Crippen LogP contribution in [-0.4, -0.2) is 60.4 Å². The summed E-state index contributed by atoms with van der Waals surface area (Å²) < 4.78 is 135. The second-order valence-corrected chi connectivity index (χ2v) is 21.2. The smallest absolute Gasteiger partial charge is 0.335 e. The van der Waals surface area contributed by atoms with Crippen molar-refractivity contribution in [3.05, 3.63) is 93.7 Å². The van der Waals surface area contributed by atoms with Crippen LogP contribution in [-0.2, 0) is 20.0 Å². The highest BCUT2D eigenvalue weighted by Crippen LogP contribution is 2.43. The molecule has 4 heterocycles. The number of aryl methyl sites for hydroxylation is 2. The van der Waals surface area contributed by atoms with E-state index in [1.54, 1.807) is 9.44 Å². The van der Waals surface area contributed by atoms with Crippen molar-refractivity contribution in [2.24, 2.45) is 0 Å². The lowest BCUT2D eigenvalue weighted by molar-refractivity contribution is -0.147. The number of sulfonamides is 2. The van der Waals surface area contributed by atoms with E-state index in [9.17, 15) is 53.7 Å². The molecule has 2 aliphatic rings.